The van der Waals surface area contributed by atoms with Crippen LogP contribution in [-0.2, 0) is 17.8 Å². The summed E-state index contributed by atoms with van der Waals surface area (Å²) >= 11 is 0. The molecule has 0 spiro atoms. The highest BCUT2D eigenvalue weighted by molar-refractivity contribution is 5.92. The molecule has 0 aromatic carbocycles. The molecule has 2 aromatic heterocycles. The molecular formula is C25H33N5O3. The van der Waals surface area contributed by atoms with Crippen molar-refractivity contribution in [1.29, 1.82) is 5.41 Å². The second-order valence-corrected chi connectivity index (χ2v) is 10.5. The molecule has 1 atom stereocenters. The van der Waals surface area contributed by atoms with E-state index < -0.39 is 0 Å². The minimum Gasteiger partial charge on any atom is -0.451 e. The number of rotatable bonds is 5. The monoisotopic (exact) mass is 451 g/mol. The van der Waals surface area contributed by atoms with Gasteiger partial charge in [-0.15, -0.1) is 0 Å². The number of carbonyl (C=O) groups is 1. The van der Waals surface area contributed by atoms with Crippen LogP contribution in [0.3, 0.4) is 0 Å². The summed E-state index contributed by atoms with van der Waals surface area (Å²) in [5.74, 6) is 1.56. The van der Waals surface area contributed by atoms with E-state index in [4.69, 9.17) is 19.5 Å². The van der Waals surface area contributed by atoms with Crippen LogP contribution in [0.25, 0.3) is 0 Å². The Morgan fingerprint density at radius 3 is 2.70 bits per heavy atom. The predicted octanol–water partition coefficient (Wildman–Crippen LogP) is 3.78. The Bertz CT molecular complexity index is 1060. The number of aromatic nitrogens is 2. The summed E-state index contributed by atoms with van der Waals surface area (Å²) in [5, 5.41) is 8.29. The van der Waals surface area contributed by atoms with Gasteiger partial charge in [0, 0.05) is 49.3 Å². The van der Waals surface area contributed by atoms with Crippen LogP contribution in [0.15, 0.2) is 17.1 Å². The van der Waals surface area contributed by atoms with Crippen LogP contribution in [0.5, 0.6) is 0 Å². The standard InChI is InChI=1S/C25H33N5O3/c1-15(2)21-11-29(7-8-30(21)24(31)20-13-32-14-27-20)23-18(10-26)17-9-25(3,4)33-12-19(17)22(28-23)16-5-6-16/h10,13-16,21,26H,5-9,11-12H2,1-4H3/t21-/m0/s1. The summed E-state index contributed by atoms with van der Waals surface area (Å²) in [6.07, 6.45) is 7.29. The number of carbonyl (C=O) groups excluding carboxylic acids is 1. The second kappa shape index (κ2) is 8.24. The normalized spacial score (nSPS) is 22.4. The minimum atomic E-state index is -0.257. The lowest BCUT2D eigenvalue weighted by atomic mass is 9.87. The summed E-state index contributed by atoms with van der Waals surface area (Å²) in [6.45, 7) is 11.0. The van der Waals surface area contributed by atoms with E-state index in [-0.39, 0.29) is 23.5 Å². The van der Waals surface area contributed by atoms with Gasteiger partial charge in [0.1, 0.15) is 12.1 Å². The molecule has 0 bridgehead atoms. The molecule has 1 saturated heterocycles. The molecule has 4 heterocycles. The van der Waals surface area contributed by atoms with E-state index in [0.29, 0.717) is 37.9 Å². The molecule has 8 heteroatoms. The Morgan fingerprint density at radius 1 is 1.27 bits per heavy atom. The van der Waals surface area contributed by atoms with Crippen molar-refractivity contribution >= 4 is 17.9 Å². The van der Waals surface area contributed by atoms with E-state index in [1.807, 2.05) is 4.90 Å². The molecular weight excluding hydrogens is 418 g/mol. The third-order valence-corrected chi connectivity index (χ3v) is 7.18. The van der Waals surface area contributed by atoms with Gasteiger partial charge in [0.25, 0.3) is 5.91 Å². The Labute approximate surface area is 194 Å². The van der Waals surface area contributed by atoms with E-state index in [9.17, 15) is 4.79 Å². The number of hydrogen-bond donors (Lipinski definition) is 1. The first kappa shape index (κ1) is 22.1. The number of amides is 1. The number of piperazine rings is 1. The Balaban J connectivity index is 1.51. The average molecular weight is 452 g/mol. The number of anilines is 1. The molecule has 1 N–H and O–H groups in total. The fourth-order valence-electron chi connectivity index (χ4n) is 5.18. The highest BCUT2D eigenvalue weighted by Crippen LogP contribution is 2.45. The zero-order valence-electron chi connectivity index (χ0n) is 19.9. The van der Waals surface area contributed by atoms with Crippen LogP contribution in [-0.4, -0.2) is 58.3 Å². The molecule has 176 valence electrons. The molecule has 8 nitrogen and oxygen atoms in total. The van der Waals surface area contributed by atoms with Crippen LogP contribution < -0.4 is 4.90 Å². The van der Waals surface area contributed by atoms with Crippen molar-refractivity contribution in [2.45, 2.75) is 71.1 Å². The first-order valence-electron chi connectivity index (χ1n) is 11.9. The lowest BCUT2D eigenvalue weighted by Gasteiger charge is -2.44. The Hall–Kier alpha value is -2.74. The minimum absolute atomic E-state index is 0.0171. The molecule has 1 amide bonds. The lowest BCUT2D eigenvalue weighted by Crippen LogP contribution is -2.57. The number of nitrogens with zero attached hydrogens (tertiary/aromatic N) is 4. The van der Waals surface area contributed by atoms with Crippen molar-refractivity contribution in [2.24, 2.45) is 5.92 Å². The van der Waals surface area contributed by atoms with Gasteiger partial charge < -0.3 is 24.4 Å². The Kier molecular flexibility index (Phi) is 5.51. The highest BCUT2D eigenvalue weighted by Gasteiger charge is 2.39. The van der Waals surface area contributed by atoms with Gasteiger partial charge in [-0.2, -0.15) is 0 Å². The zero-order valence-corrected chi connectivity index (χ0v) is 19.9. The van der Waals surface area contributed by atoms with Gasteiger partial charge in [-0.05, 0) is 38.2 Å². The van der Waals surface area contributed by atoms with Crippen LogP contribution in [0.1, 0.15) is 79.3 Å². The average Bonchev–Trinajstić information content (AvgIpc) is 3.49. The fraction of sp³-hybridized carbons (Fsp3) is 0.600. The summed E-state index contributed by atoms with van der Waals surface area (Å²) in [5.41, 5.74) is 4.56. The summed E-state index contributed by atoms with van der Waals surface area (Å²) in [7, 11) is 0. The van der Waals surface area contributed by atoms with Gasteiger partial charge in [-0.3, -0.25) is 4.79 Å². The van der Waals surface area contributed by atoms with E-state index in [1.54, 1.807) is 0 Å². The van der Waals surface area contributed by atoms with Crippen molar-refractivity contribution in [3.63, 3.8) is 0 Å². The van der Waals surface area contributed by atoms with Crippen LogP contribution in [0.2, 0.25) is 0 Å². The summed E-state index contributed by atoms with van der Waals surface area (Å²) in [4.78, 5) is 26.5. The zero-order chi connectivity index (χ0) is 23.3. The number of pyridine rings is 1. The quantitative estimate of drug-likeness (QED) is 0.695. The molecule has 0 radical (unpaired) electrons. The maximum Gasteiger partial charge on any atom is 0.276 e. The van der Waals surface area contributed by atoms with Gasteiger partial charge in [0.05, 0.1) is 23.9 Å². The van der Waals surface area contributed by atoms with E-state index in [2.05, 4.69) is 37.6 Å². The van der Waals surface area contributed by atoms with Crippen LogP contribution >= 0.6 is 0 Å². The maximum absolute atomic E-state index is 13.1. The largest absolute Gasteiger partial charge is 0.451 e. The van der Waals surface area contributed by atoms with Crippen molar-refractivity contribution in [3.8, 4) is 0 Å². The van der Waals surface area contributed by atoms with E-state index >= 15 is 0 Å². The maximum atomic E-state index is 13.1. The van der Waals surface area contributed by atoms with Gasteiger partial charge in [0.15, 0.2) is 12.1 Å². The van der Waals surface area contributed by atoms with Gasteiger partial charge in [-0.1, -0.05) is 13.8 Å². The molecule has 1 aliphatic carbocycles. The molecule has 2 fully saturated rings. The first-order chi connectivity index (χ1) is 15.8. The van der Waals surface area contributed by atoms with Gasteiger partial charge in [0.2, 0.25) is 0 Å². The molecule has 2 aromatic rings. The van der Waals surface area contributed by atoms with Crippen LogP contribution in [0, 0.1) is 11.3 Å². The number of nitrogens with one attached hydrogen (secondary N) is 1. The fourth-order valence-corrected chi connectivity index (χ4v) is 5.18. The molecule has 5 rings (SSSR count). The molecule has 2 aliphatic heterocycles. The third kappa shape index (κ3) is 4.05. The van der Waals surface area contributed by atoms with E-state index in [0.717, 1.165) is 23.5 Å². The van der Waals surface area contributed by atoms with E-state index in [1.165, 1.54) is 42.8 Å². The number of ether oxygens (including phenoxy) is 1. The van der Waals surface area contributed by atoms with Crippen molar-refractivity contribution in [2.75, 3.05) is 24.5 Å². The molecule has 0 unspecified atom stereocenters. The SMILES string of the molecule is CC(C)[C@@H]1CN(c2nc(C3CC3)c3c(c2C=N)CC(C)(C)OC3)CCN1C(=O)c1cocn1. The predicted molar refractivity (Wildman–Crippen MR) is 125 cm³/mol. The number of fused-ring (bicyclic) bond motifs is 1. The lowest BCUT2D eigenvalue weighted by molar-refractivity contribution is -0.0406. The summed E-state index contributed by atoms with van der Waals surface area (Å²) in [6, 6.07) is 0.0171. The van der Waals surface area contributed by atoms with Crippen molar-refractivity contribution in [3.05, 3.63) is 40.7 Å². The number of hydrogen-bond acceptors (Lipinski definition) is 7. The topological polar surface area (TPSA) is 95.6 Å². The summed E-state index contributed by atoms with van der Waals surface area (Å²) < 4.78 is 11.2. The smallest absolute Gasteiger partial charge is 0.276 e. The highest BCUT2D eigenvalue weighted by atomic mass is 16.5. The second-order valence-electron chi connectivity index (χ2n) is 10.5. The third-order valence-electron chi connectivity index (χ3n) is 7.18. The first-order valence-corrected chi connectivity index (χ1v) is 11.9. The molecule has 3 aliphatic rings. The van der Waals surface area contributed by atoms with Gasteiger partial charge >= 0.3 is 0 Å². The number of oxazole rings is 1. The Morgan fingerprint density at radius 2 is 2.06 bits per heavy atom. The van der Waals surface area contributed by atoms with Crippen molar-refractivity contribution < 1.29 is 13.9 Å². The van der Waals surface area contributed by atoms with Gasteiger partial charge in [-0.25, -0.2) is 9.97 Å². The molecule has 33 heavy (non-hydrogen) atoms. The van der Waals surface area contributed by atoms with Crippen LogP contribution in [0.4, 0.5) is 5.82 Å². The molecule has 1 saturated carbocycles. The van der Waals surface area contributed by atoms with Crippen molar-refractivity contribution in [1.82, 2.24) is 14.9 Å².